The second-order valence-electron chi connectivity index (χ2n) is 4.39. The molecule has 2 rings (SSSR count). The zero-order chi connectivity index (χ0) is 12.6. The third kappa shape index (κ3) is 1.93. The van der Waals surface area contributed by atoms with Crippen LogP contribution in [-0.4, -0.2) is 20.3 Å². The number of rotatable bonds is 2. The van der Waals surface area contributed by atoms with Crippen molar-refractivity contribution in [3.8, 4) is 11.5 Å². The highest BCUT2D eigenvalue weighted by molar-refractivity contribution is 5.65. The molecule has 0 aromatic heterocycles. The van der Waals surface area contributed by atoms with Gasteiger partial charge in [0.1, 0.15) is 11.5 Å². The van der Waals surface area contributed by atoms with Crippen LogP contribution in [0.15, 0.2) is 6.07 Å². The Morgan fingerprint density at radius 3 is 2.59 bits per heavy atom. The van der Waals surface area contributed by atoms with Crippen molar-refractivity contribution in [3.05, 3.63) is 17.2 Å². The first-order chi connectivity index (χ1) is 8.08. The maximum absolute atomic E-state index is 5.98. The van der Waals surface area contributed by atoms with Gasteiger partial charge in [0.15, 0.2) is 0 Å². The molecule has 2 atom stereocenters. The van der Waals surface area contributed by atoms with Crippen molar-refractivity contribution in [3.63, 3.8) is 0 Å². The molecule has 0 unspecified atom stereocenters. The molecule has 1 aliphatic rings. The van der Waals surface area contributed by atoms with Crippen molar-refractivity contribution in [2.75, 3.05) is 20.0 Å². The number of nitrogens with two attached hydrogens (primary N) is 1. The van der Waals surface area contributed by atoms with Crippen LogP contribution in [0.4, 0.5) is 5.69 Å². The summed E-state index contributed by atoms with van der Waals surface area (Å²) in [6.07, 6.45) is 0.959. The molecule has 0 fully saturated rings. The van der Waals surface area contributed by atoms with E-state index in [4.69, 9.17) is 19.9 Å². The van der Waals surface area contributed by atoms with E-state index in [9.17, 15) is 0 Å². The van der Waals surface area contributed by atoms with Crippen LogP contribution in [-0.2, 0) is 11.2 Å². The molecule has 17 heavy (non-hydrogen) atoms. The van der Waals surface area contributed by atoms with Crippen LogP contribution >= 0.6 is 0 Å². The van der Waals surface area contributed by atoms with Crippen LogP contribution in [0.2, 0.25) is 0 Å². The molecule has 1 aromatic rings. The van der Waals surface area contributed by atoms with Gasteiger partial charge in [-0.15, -0.1) is 0 Å². The topological polar surface area (TPSA) is 53.7 Å². The molecule has 1 aromatic carbocycles. The standard InChI is InChI=1S/C13H19NO3/c1-7-5-9-12(8(2)17-7)11(15-3)6-10(14)13(9)16-4/h6-8H,5,14H2,1-4H3/t7-,8+/m1/s1. The fraction of sp³-hybridized carbons (Fsp3) is 0.538. The summed E-state index contributed by atoms with van der Waals surface area (Å²) in [6, 6.07) is 1.80. The van der Waals surface area contributed by atoms with Crippen LogP contribution in [0.25, 0.3) is 0 Å². The van der Waals surface area contributed by atoms with Gasteiger partial charge in [-0.25, -0.2) is 0 Å². The van der Waals surface area contributed by atoms with Crippen molar-refractivity contribution in [1.29, 1.82) is 0 Å². The SMILES string of the molecule is COc1cc(N)c(OC)c2c1[C@H](C)O[C@H](C)C2. The summed E-state index contributed by atoms with van der Waals surface area (Å²) in [6.45, 7) is 4.07. The summed E-state index contributed by atoms with van der Waals surface area (Å²) >= 11 is 0. The van der Waals surface area contributed by atoms with Gasteiger partial charge in [-0.05, 0) is 13.8 Å². The largest absolute Gasteiger partial charge is 0.496 e. The van der Waals surface area contributed by atoms with E-state index in [-0.39, 0.29) is 12.2 Å². The third-order valence-corrected chi connectivity index (χ3v) is 3.17. The molecular weight excluding hydrogens is 218 g/mol. The first kappa shape index (κ1) is 12.0. The Balaban J connectivity index is 2.65. The molecule has 0 bridgehead atoms. The molecule has 0 saturated carbocycles. The quantitative estimate of drug-likeness (QED) is 0.802. The number of anilines is 1. The van der Waals surface area contributed by atoms with Gasteiger partial charge in [0.05, 0.1) is 32.1 Å². The fourth-order valence-electron chi connectivity index (χ4n) is 2.54. The minimum Gasteiger partial charge on any atom is -0.496 e. The minimum absolute atomic E-state index is 0.00167. The lowest BCUT2D eigenvalue weighted by Gasteiger charge is -2.31. The molecule has 0 saturated heterocycles. The van der Waals surface area contributed by atoms with Crippen molar-refractivity contribution in [2.24, 2.45) is 0 Å². The monoisotopic (exact) mass is 237 g/mol. The van der Waals surface area contributed by atoms with E-state index in [1.165, 1.54) is 0 Å². The lowest BCUT2D eigenvalue weighted by molar-refractivity contribution is -0.00663. The smallest absolute Gasteiger partial charge is 0.145 e. The zero-order valence-electron chi connectivity index (χ0n) is 10.7. The predicted molar refractivity (Wildman–Crippen MR) is 66.6 cm³/mol. The second-order valence-corrected chi connectivity index (χ2v) is 4.39. The van der Waals surface area contributed by atoms with Crippen LogP contribution < -0.4 is 15.2 Å². The Labute approximate surface area is 102 Å². The van der Waals surface area contributed by atoms with Gasteiger partial charge < -0.3 is 19.9 Å². The van der Waals surface area contributed by atoms with Crippen molar-refractivity contribution in [2.45, 2.75) is 32.5 Å². The van der Waals surface area contributed by atoms with Gasteiger partial charge in [0, 0.05) is 23.6 Å². The summed E-state index contributed by atoms with van der Waals surface area (Å²) in [5.41, 5.74) is 8.75. The molecule has 4 nitrogen and oxygen atoms in total. The van der Waals surface area contributed by atoms with E-state index < -0.39 is 0 Å². The Bertz CT molecular complexity index is 431. The zero-order valence-corrected chi connectivity index (χ0v) is 10.7. The summed E-state index contributed by atoms with van der Waals surface area (Å²) in [4.78, 5) is 0. The van der Waals surface area contributed by atoms with E-state index in [0.29, 0.717) is 5.69 Å². The summed E-state index contributed by atoms with van der Waals surface area (Å²) < 4.78 is 16.6. The van der Waals surface area contributed by atoms with Gasteiger partial charge >= 0.3 is 0 Å². The Kier molecular flexibility index (Phi) is 3.15. The van der Waals surface area contributed by atoms with Crippen molar-refractivity contribution < 1.29 is 14.2 Å². The summed E-state index contributed by atoms with van der Waals surface area (Å²) in [5, 5.41) is 0. The second kappa shape index (κ2) is 4.45. The molecule has 1 heterocycles. The number of nitrogen functional groups attached to an aromatic ring is 1. The molecule has 94 valence electrons. The van der Waals surface area contributed by atoms with E-state index in [0.717, 1.165) is 29.0 Å². The molecule has 0 spiro atoms. The van der Waals surface area contributed by atoms with Gasteiger partial charge in [0.2, 0.25) is 0 Å². The normalized spacial score (nSPS) is 23.1. The summed E-state index contributed by atoms with van der Waals surface area (Å²) in [5.74, 6) is 1.53. The average molecular weight is 237 g/mol. The van der Waals surface area contributed by atoms with Crippen LogP contribution in [0.3, 0.4) is 0 Å². The maximum atomic E-state index is 5.98. The first-order valence-corrected chi connectivity index (χ1v) is 5.77. The number of fused-ring (bicyclic) bond motifs is 1. The number of benzene rings is 1. The van der Waals surface area contributed by atoms with Crippen molar-refractivity contribution >= 4 is 5.69 Å². The third-order valence-electron chi connectivity index (χ3n) is 3.17. The average Bonchev–Trinajstić information content (AvgIpc) is 2.27. The highest BCUT2D eigenvalue weighted by atomic mass is 16.5. The molecule has 2 N–H and O–H groups in total. The Hall–Kier alpha value is -1.42. The summed E-state index contributed by atoms with van der Waals surface area (Å²) in [7, 11) is 3.29. The molecular formula is C13H19NO3. The Morgan fingerprint density at radius 2 is 2.00 bits per heavy atom. The lowest BCUT2D eigenvalue weighted by Crippen LogP contribution is -2.23. The molecule has 4 heteroatoms. The van der Waals surface area contributed by atoms with E-state index in [2.05, 4.69) is 6.92 Å². The van der Waals surface area contributed by atoms with Gasteiger partial charge in [-0.3, -0.25) is 0 Å². The number of ether oxygens (including phenoxy) is 3. The van der Waals surface area contributed by atoms with E-state index in [1.54, 1.807) is 20.3 Å². The molecule has 0 amide bonds. The fourth-order valence-corrected chi connectivity index (χ4v) is 2.54. The predicted octanol–water partition coefficient (Wildman–Crippen LogP) is 2.31. The molecule has 0 aliphatic carbocycles. The van der Waals surface area contributed by atoms with Crippen LogP contribution in [0, 0.1) is 0 Å². The van der Waals surface area contributed by atoms with Crippen LogP contribution in [0.1, 0.15) is 31.1 Å². The van der Waals surface area contributed by atoms with Gasteiger partial charge in [-0.1, -0.05) is 0 Å². The van der Waals surface area contributed by atoms with Gasteiger partial charge in [-0.2, -0.15) is 0 Å². The Morgan fingerprint density at radius 1 is 1.29 bits per heavy atom. The van der Waals surface area contributed by atoms with E-state index >= 15 is 0 Å². The molecule has 1 aliphatic heterocycles. The highest BCUT2D eigenvalue weighted by Crippen LogP contribution is 2.44. The highest BCUT2D eigenvalue weighted by Gasteiger charge is 2.29. The van der Waals surface area contributed by atoms with E-state index in [1.807, 2.05) is 6.92 Å². The minimum atomic E-state index is -0.00167. The maximum Gasteiger partial charge on any atom is 0.145 e. The van der Waals surface area contributed by atoms with Gasteiger partial charge in [0.25, 0.3) is 0 Å². The number of hydrogen-bond acceptors (Lipinski definition) is 4. The number of hydrogen-bond donors (Lipinski definition) is 1. The number of methoxy groups -OCH3 is 2. The molecule has 0 radical (unpaired) electrons. The van der Waals surface area contributed by atoms with Crippen LogP contribution in [0.5, 0.6) is 11.5 Å². The van der Waals surface area contributed by atoms with Crippen molar-refractivity contribution in [1.82, 2.24) is 0 Å². The lowest BCUT2D eigenvalue weighted by atomic mass is 9.92. The first-order valence-electron chi connectivity index (χ1n) is 5.77.